The van der Waals surface area contributed by atoms with E-state index in [-0.39, 0.29) is 24.3 Å². The molecule has 32 heavy (non-hydrogen) atoms. The van der Waals surface area contributed by atoms with Crippen LogP contribution in [0.1, 0.15) is 19.8 Å². The van der Waals surface area contributed by atoms with E-state index in [9.17, 15) is 9.59 Å². The molecule has 6 heteroatoms. The maximum absolute atomic E-state index is 12.5. The lowest BCUT2D eigenvalue weighted by Gasteiger charge is -2.10. The number of rotatable bonds is 7. The van der Waals surface area contributed by atoms with E-state index in [1.165, 1.54) is 10.9 Å². The molecule has 0 spiro atoms. The Morgan fingerprint density at radius 2 is 1.69 bits per heavy atom. The van der Waals surface area contributed by atoms with Gasteiger partial charge in [0.05, 0.1) is 0 Å². The number of para-hydroxylation sites is 1. The Morgan fingerprint density at radius 1 is 0.906 bits per heavy atom. The predicted molar refractivity (Wildman–Crippen MR) is 127 cm³/mol. The van der Waals surface area contributed by atoms with Crippen LogP contribution in [0.4, 0.5) is 11.4 Å². The fourth-order valence-electron chi connectivity index (χ4n) is 4.07. The molecule has 1 heterocycles. The second kappa shape index (κ2) is 8.38. The first kappa shape index (κ1) is 20.1. The summed E-state index contributed by atoms with van der Waals surface area (Å²) in [4.78, 5) is 24.4. The van der Waals surface area contributed by atoms with E-state index >= 15 is 0 Å². The largest absolute Gasteiger partial charge is 0.484 e. The SMILES string of the molecule is CCn1c2ccccc2c2cc(NC(=O)COc3cccc(NC(=O)C4CC4)c3)ccc21. The van der Waals surface area contributed by atoms with Crippen LogP contribution in [0.3, 0.4) is 0 Å². The van der Waals surface area contributed by atoms with Gasteiger partial charge < -0.3 is 19.9 Å². The summed E-state index contributed by atoms with van der Waals surface area (Å²) in [6, 6.07) is 21.4. The zero-order chi connectivity index (χ0) is 22.1. The number of fused-ring (bicyclic) bond motifs is 3. The summed E-state index contributed by atoms with van der Waals surface area (Å²) in [6.07, 6.45) is 1.90. The normalized spacial score (nSPS) is 13.3. The maximum Gasteiger partial charge on any atom is 0.262 e. The molecule has 162 valence electrons. The molecule has 2 N–H and O–H groups in total. The highest BCUT2D eigenvalue weighted by atomic mass is 16.5. The van der Waals surface area contributed by atoms with Crippen molar-refractivity contribution in [3.8, 4) is 5.75 Å². The minimum atomic E-state index is -0.240. The number of carbonyl (C=O) groups is 2. The smallest absolute Gasteiger partial charge is 0.262 e. The van der Waals surface area contributed by atoms with Crippen LogP contribution in [-0.2, 0) is 16.1 Å². The van der Waals surface area contributed by atoms with Crippen LogP contribution in [0, 0.1) is 5.92 Å². The van der Waals surface area contributed by atoms with E-state index in [0.29, 0.717) is 11.4 Å². The number of amides is 2. The van der Waals surface area contributed by atoms with Crippen molar-refractivity contribution in [3.05, 3.63) is 66.7 Å². The van der Waals surface area contributed by atoms with Gasteiger partial charge in [-0.25, -0.2) is 0 Å². The van der Waals surface area contributed by atoms with Crippen molar-refractivity contribution in [2.24, 2.45) is 5.92 Å². The van der Waals surface area contributed by atoms with E-state index < -0.39 is 0 Å². The van der Waals surface area contributed by atoms with Crippen molar-refractivity contribution in [1.29, 1.82) is 0 Å². The predicted octanol–water partition coefficient (Wildman–Crippen LogP) is 5.18. The van der Waals surface area contributed by atoms with Crippen molar-refractivity contribution >= 4 is 45.0 Å². The zero-order valence-electron chi connectivity index (χ0n) is 17.9. The van der Waals surface area contributed by atoms with Gasteiger partial charge in [0.15, 0.2) is 6.61 Å². The third-order valence-corrected chi connectivity index (χ3v) is 5.79. The summed E-state index contributed by atoms with van der Waals surface area (Å²) in [5.41, 5.74) is 3.74. The number of carbonyl (C=O) groups excluding carboxylic acids is 2. The average molecular weight is 428 g/mol. The minimum Gasteiger partial charge on any atom is -0.484 e. The van der Waals surface area contributed by atoms with Gasteiger partial charge in [0.2, 0.25) is 5.91 Å². The van der Waals surface area contributed by atoms with Gasteiger partial charge in [-0.15, -0.1) is 0 Å². The van der Waals surface area contributed by atoms with Gasteiger partial charge in [-0.1, -0.05) is 24.3 Å². The highest BCUT2D eigenvalue weighted by molar-refractivity contribution is 6.09. The summed E-state index contributed by atoms with van der Waals surface area (Å²) >= 11 is 0. The van der Waals surface area contributed by atoms with Gasteiger partial charge in [-0.2, -0.15) is 0 Å². The van der Waals surface area contributed by atoms with Crippen LogP contribution in [0.2, 0.25) is 0 Å². The number of anilines is 2. The zero-order valence-corrected chi connectivity index (χ0v) is 17.9. The Labute approximate surface area is 186 Å². The Bertz CT molecular complexity index is 1320. The molecule has 1 fully saturated rings. The third kappa shape index (κ3) is 4.04. The number of aryl methyl sites for hydroxylation is 1. The van der Waals surface area contributed by atoms with Gasteiger partial charge in [-0.05, 0) is 56.2 Å². The topological polar surface area (TPSA) is 72.4 Å². The number of ether oxygens (including phenoxy) is 1. The molecule has 2 amide bonds. The van der Waals surface area contributed by atoms with Gasteiger partial charge in [0.25, 0.3) is 5.91 Å². The lowest BCUT2D eigenvalue weighted by atomic mass is 10.1. The molecule has 0 atom stereocenters. The van der Waals surface area contributed by atoms with Gasteiger partial charge in [0, 0.05) is 51.7 Å². The Morgan fingerprint density at radius 3 is 2.50 bits per heavy atom. The molecule has 0 unspecified atom stereocenters. The molecule has 6 nitrogen and oxygen atoms in total. The Hall–Kier alpha value is -3.80. The maximum atomic E-state index is 12.5. The van der Waals surface area contributed by atoms with Crippen molar-refractivity contribution in [1.82, 2.24) is 4.57 Å². The molecule has 1 aromatic heterocycles. The summed E-state index contributed by atoms with van der Waals surface area (Å²) in [5, 5.41) is 8.09. The van der Waals surface area contributed by atoms with E-state index in [2.05, 4.69) is 34.3 Å². The molecule has 0 radical (unpaired) electrons. The first-order chi connectivity index (χ1) is 15.6. The van der Waals surface area contributed by atoms with Crippen LogP contribution in [-0.4, -0.2) is 23.0 Å². The fraction of sp³-hybridized carbons (Fsp3) is 0.231. The summed E-state index contributed by atoms with van der Waals surface area (Å²) in [7, 11) is 0. The molecule has 0 bridgehead atoms. The van der Waals surface area contributed by atoms with Gasteiger partial charge in [-0.3, -0.25) is 9.59 Å². The van der Waals surface area contributed by atoms with Crippen LogP contribution < -0.4 is 15.4 Å². The summed E-state index contributed by atoms with van der Waals surface area (Å²) < 4.78 is 7.92. The molecule has 5 rings (SSSR count). The van der Waals surface area contributed by atoms with Crippen molar-refractivity contribution in [3.63, 3.8) is 0 Å². The second-order valence-electron chi connectivity index (χ2n) is 8.12. The van der Waals surface area contributed by atoms with E-state index in [4.69, 9.17) is 4.74 Å². The minimum absolute atomic E-state index is 0.0414. The van der Waals surface area contributed by atoms with E-state index in [0.717, 1.165) is 36.0 Å². The highest BCUT2D eigenvalue weighted by Gasteiger charge is 2.29. The van der Waals surface area contributed by atoms with Crippen LogP contribution in [0.15, 0.2) is 66.7 Å². The van der Waals surface area contributed by atoms with Crippen LogP contribution in [0.25, 0.3) is 21.8 Å². The van der Waals surface area contributed by atoms with Crippen LogP contribution >= 0.6 is 0 Å². The lowest BCUT2D eigenvalue weighted by Crippen LogP contribution is -2.20. The molecule has 3 aromatic carbocycles. The molecule has 1 aliphatic carbocycles. The average Bonchev–Trinajstić information content (AvgIpc) is 3.61. The molecule has 0 aliphatic heterocycles. The van der Waals surface area contributed by atoms with Crippen molar-refractivity contribution in [2.75, 3.05) is 17.2 Å². The number of nitrogens with one attached hydrogen (secondary N) is 2. The molecular weight excluding hydrogens is 402 g/mol. The monoisotopic (exact) mass is 427 g/mol. The van der Waals surface area contributed by atoms with E-state index in [1.54, 1.807) is 18.2 Å². The first-order valence-electron chi connectivity index (χ1n) is 11.0. The summed E-state index contributed by atoms with van der Waals surface area (Å²) in [5.74, 6) is 0.472. The fourth-order valence-corrected chi connectivity index (χ4v) is 4.07. The molecular formula is C26H25N3O3. The Kier molecular flexibility index (Phi) is 5.27. The number of hydrogen-bond acceptors (Lipinski definition) is 3. The number of benzene rings is 3. The van der Waals surface area contributed by atoms with Gasteiger partial charge >= 0.3 is 0 Å². The van der Waals surface area contributed by atoms with Crippen LogP contribution in [0.5, 0.6) is 5.75 Å². The Balaban J connectivity index is 1.26. The van der Waals surface area contributed by atoms with Crippen molar-refractivity contribution < 1.29 is 14.3 Å². The molecule has 1 aliphatic rings. The number of hydrogen-bond donors (Lipinski definition) is 2. The van der Waals surface area contributed by atoms with Gasteiger partial charge in [0.1, 0.15) is 5.75 Å². The molecule has 1 saturated carbocycles. The molecule has 4 aromatic rings. The standard InChI is InChI=1S/C26H25N3O3/c1-2-29-23-9-4-3-8-21(23)22-15-19(12-13-24(22)29)27-25(30)16-32-20-7-5-6-18(14-20)28-26(31)17-10-11-17/h3-9,12-15,17H,2,10-11,16H2,1H3,(H,27,30)(H,28,31). The quantitative estimate of drug-likeness (QED) is 0.427. The molecule has 0 saturated heterocycles. The number of aromatic nitrogens is 1. The lowest BCUT2D eigenvalue weighted by molar-refractivity contribution is -0.118. The van der Waals surface area contributed by atoms with E-state index in [1.807, 2.05) is 36.4 Å². The number of nitrogens with zero attached hydrogens (tertiary/aromatic N) is 1. The second-order valence-corrected chi connectivity index (χ2v) is 8.12. The first-order valence-corrected chi connectivity index (χ1v) is 11.0. The van der Waals surface area contributed by atoms with Crippen molar-refractivity contribution in [2.45, 2.75) is 26.3 Å². The third-order valence-electron chi connectivity index (χ3n) is 5.79. The highest BCUT2D eigenvalue weighted by Crippen LogP contribution is 2.32. The summed E-state index contributed by atoms with van der Waals surface area (Å²) in [6.45, 7) is 2.89.